The van der Waals surface area contributed by atoms with Gasteiger partial charge in [-0.3, -0.25) is 0 Å². The van der Waals surface area contributed by atoms with Crippen LogP contribution in [-0.4, -0.2) is 29.2 Å². The van der Waals surface area contributed by atoms with E-state index in [-0.39, 0.29) is 12.4 Å². The molecular formula is C13H22ClN3O. The Morgan fingerprint density at radius 3 is 3.06 bits per heavy atom. The SMILES string of the molecule is Cc1ccnc(OCCCC2CCCCN2)n1.Cl. The molecule has 0 saturated carbocycles. The van der Waals surface area contributed by atoms with Crippen LogP contribution in [0, 0.1) is 6.92 Å². The molecule has 1 atom stereocenters. The van der Waals surface area contributed by atoms with Crippen molar-refractivity contribution in [1.29, 1.82) is 0 Å². The molecule has 5 heteroatoms. The van der Waals surface area contributed by atoms with E-state index in [2.05, 4.69) is 15.3 Å². The molecule has 1 fully saturated rings. The summed E-state index contributed by atoms with van der Waals surface area (Å²) in [6.07, 6.45) is 7.98. The highest BCUT2D eigenvalue weighted by Crippen LogP contribution is 2.12. The van der Waals surface area contributed by atoms with Crippen molar-refractivity contribution in [3.8, 4) is 6.01 Å². The van der Waals surface area contributed by atoms with Crippen LogP contribution in [0.1, 0.15) is 37.8 Å². The summed E-state index contributed by atoms with van der Waals surface area (Å²) in [5.41, 5.74) is 0.948. The molecule has 0 radical (unpaired) electrons. The van der Waals surface area contributed by atoms with Crippen molar-refractivity contribution in [1.82, 2.24) is 15.3 Å². The maximum atomic E-state index is 5.53. The summed E-state index contributed by atoms with van der Waals surface area (Å²) in [4.78, 5) is 8.28. The quantitative estimate of drug-likeness (QED) is 0.836. The van der Waals surface area contributed by atoms with Gasteiger partial charge in [0.15, 0.2) is 0 Å². The molecule has 4 nitrogen and oxygen atoms in total. The van der Waals surface area contributed by atoms with Crippen molar-refractivity contribution in [2.24, 2.45) is 0 Å². The minimum absolute atomic E-state index is 0. The number of nitrogens with zero attached hydrogens (tertiary/aromatic N) is 2. The van der Waals surface area contributed by atoms with E-state index in [1.54, 1.807) is 6.20 Å². The van der Waals surface area contributed by atoms with Gasteiger partial charge in [0, 0.05) is 17.9 Å². The second-order valence-corrected chi connectivity index (χ2v) is 4.62. The lowest BCUT2D eigenvalue weighted by Gasteiger charge is -2.23. The zero-order valence-electron chi connectivity index (χ0n) is 10.9. The molecule has 0 amide bonds. The van der Waals surface area contributed by atoms with E-state index in [1.165, 1.54) is 32.2 Å². The van der Waals surface area contributed by atoms with Gasteiger partial charge in [0.2, 0.25) is 0 Å². The van der Waals surface area contributed by atoms with Gasteiger partial charge in [0.05, 0.1) is 6.61 Å². The highest BCUT2D eigenvalue weighted by molar-refractivity contribution is 5.85. The second-order valence-electron chi connectivity index (χ2n) is 4.62. The number of hydrogen-bond acceptors (Lipinski definition) is 4. The number of piperidine rings is 1. The Morgan fingerprint density at radius 1 is 1.44 bits per heavy atom. The first kappa shape index (κ1) is 15.2. The summed E-state index contributed by atoms with van der Waals surface area (Å²) in [6, 6.07) is 3.06. The first-order valence-corrected chi connectivity index (χ1v) is 6.50. The number of hydrogen-bond donors (Lipinski definition) is 1. The Morgan fingerprint density at radius 2 is 2.33 bits per heavy atom. The van der Waals surface area contributed by atoms with Gasteiger partial charge in [-0.25, -0.2) is 9.97 Å². The van der Waals surface area contributed by atoms with Gasteiger partial charge in [-0.1, -0.05) is 6.42 Å². The molecule has 1 aliphatic rings. The first-order valence-electron chi connectivity index (χ1n) is 6.50. The lowest BCUT2D eigenvalue weighted by atomic mass is 10.0. The standard InChI is InChI=1S/C13H21N3O.ClH/c1-11-7-9-15-13(16-11)17-10-4-6-12-5-2-3-8-14-12;/h7,9,12,14H,2-6,8,10H2,1H3;1H. The number of aryl methyl sites for hydroxylation is 1. The van der Waals surface area contributed by atoms with Crippen LogP contribution < -0.4 is 10.1 Å². The number of rotatable bonds is 5. The molecule has 1 aliphatic heterocycles. The smallest absolute Gasteiger partial charge is 0.316 e. The zero-order chi connectivity index (χ0) is 11.9. The molecule has 102 valence electrons. The van der Waals surface area contributed by atoms with Crippen molar-refractivity contribution in [2.75, 3.05) is 13.2 Å². The van der Waals surface area contributed by atoms with Crippen LogP contribution in [0.25, 0.3) is 0 Å². The second kappa shape index (κ2) is 8.27. The minimum atomic E-state index is 0. The van der Waals surface area contributed by atoms with Crippen LogP contribution in [0.15, 0.2) is 12.3 Å². The Hall–Kier alpha value is -0.870. The molecular weight excluding hydrogens is 250 g/mol. The van der Waals surface area contributed by atoms with Gasteiger partial charge in [0.25, 0.3) is 0 Å². The van der Waals surface area contributed by atoms with Gasteiger partial charge < -0.3 is 10.1 Å². The maximum absolute atomic E-state index is 5.53. The summed E-state index contributed by atoms with van der Waals surface area (Å²) < 4.78 is 5.53. The van der Waals surface area contributed by atoms with E-state index >= 15 is 0 Å². The Bertz CT molecular complexity index is 343. The molecule has 2 rings (SSSR count). The van der Waals surface area contributed by atoms with Crippen molar-refractivity contribution in [2.45, 2.75) is 45.1 Å². The summed E-state index contributed by atoms with van der Waals surface area (Å²) in [7, 11) is 0. The van der Waals surface area contributed by atoms with Gasteiger partial charge in [0.1, 0.15) is 0 Å². The molecule has 1 aromatic rings. The molecule has 18 heavy (non-hydrogen) atoms. The van der Waals surface area contributed by atoms with Gasteiger partial charge >= 0.3 is 6.01 Å². The van der Waals surface area contributed by atoms with Crippen LogP contribution in [0.5, 0.6) is 6.01 Å². The average Bonchev–Trinajstić information content (AvgIpc) is 2.36. The fourth-order valence-corrected chi connectivity index (χ4v) is 2.16. The third-order valence-corrected chi connectivity index (χ3v) is 3.11. The Kier molecular flexibility index (Phi) is 6.98. The Balaban J connectivity index is 0.00000162. The van der Waals surface area contributed by atoms with Crippen LogP contribution in [0.4, 0.5) is 0 Å². The summed E-state index contributed by atoms with van der Waals surface area (Å²) in [5.74, 6) is 0. The average molecular weight is 272 g/mol. The third kappa shape index (κ3) is 5.19. The Labute approximate surface area is 115 Å². The van der Waals surface area contributed by atoms with Crippen LogP contribution in [-0.2, 0) is 0 Å². The molecule has 0 bridgehead atoms. The zero-order valence-corrected chi connectivity index (χ0v) is 11.7. The normalized spacial score (nSPS) is 19.1. The van der Waals surface area contributed by atoms with Crippen LogP contribution in [0.2, 0.25) is 0 Å². The lowest BCUT2D eigenvalue weighted by molar-refractivity contribution is 0.266. The summed E-state index contributed by atoms with van der Waals surface area (Å²) in [6.45, 7) is 3.83. The molecule has 1 aromatic heterocycles. The molecule has 1 N–H and O–H groups in total. The third-order valence-electron chi connectivity index (χ3n) is 3.11. The fourth-order valence-electron chi connectivity index (χ4n) is 2.16. The predicted molar refractivity (Wildman–Crippen MR) is 74.4 cm³/mol. The lowest BCUT2D eigenvalue weighted by Crippen LogP contribution is -2.34. The van der Waals surface area contributed by atoms with Gasteiger partial charge in [-0.2, -0.15) is 0 Å². The van der Waals surface area contributed by atoms with E-state index in [9.17, 15) is 0 Å². The predicted octanol–water partition coefficient (Wildman–Crippen LogP) is 2.51. The van der Waals surface area contributed by atoms with Crippen LogP contribution >= 0.6 is 12.4 Å². The van der Waals surface area contributed by atoms with E-state index in [4.69, 9.17) is 4.74 Å². The molecule has 0 spiro atoms. The topological polar surface area (TPSA) is 47.0 Å². The number of ether oxygens (including phenoxy) is 1. The molecule has 0 aromatic carbocycles. The summed E-state index contributed by atoms with van der Waals surface area (Å²) in [5, 5.41) is 3.54. The van der Waals surface area contributed by atoms with E-state index in [1.807, 2.05) is 13.0 Å². The number of aromatic nitrogens is 2. The summed E-state index contributed by atoms with van der Waals surface area (Å²) >= 11 is 0. The van der Waals surface area contributed by atoms with E-state index in [0.717, 1.165) is 12.1 Å². The molecule has 0 aliphatic carbocycles. The first-order chi connectivity index (χ1) is 8.34. The van der Waals surface area contributed by atoms with Crippen molar-refractivity contribution >= 4 is 12.4 Å². The molecule has 2 heterocycles. The number of nitrogens with one attached hydrogen (secondary N) is 1. The minimum Gasteiger partial charge on any atom is -0.463 e. The van der Waals surface area contributed by atoms with Crippen molar-refractivity contribution < 1.29 is 4.74 Å². The largest absolute Gasteiger partial charge is 0.463 e. The number of halogens is 1. The van der Waals surface area contributed by atoms with Crippen molar-refractivity contribution in [3.05, 3.63) is 18.0 Å². The van der Waals surface area contributed by atoms with Gasteiger partial charge in [-0.05, 0) is 45.2 Å². The van der Waals surface area contributed by atoms with Crippen molar-refractivity contribution in [3.63, 3.8) is 0 Å². The van der Waals surface area contributed by atoms with E-state index < -0.39 is 0 Å². The highest BCUT2D eigenvalue weighted by Gasteiger charge is 2.11. The van der Waals surface area contributed by atoms with Gasteiger partial charge in [-0.15, -0.1) is 12.4 Å². The molecule has 1 unspecified atom stereocenters. The monoisotopic (exact) mass is 271 g/mol. The van der Waals surface area contributed by atoms with E-state index in [0.29, 0.717) is 18.7 Å². The fraction of sp³-hybridized carbons (Fsp3) is 0.692. The maximum Gasteiger partial charge on any atom is 0.316 e. The van der Waals surface area contributed by atoms with Crippen LogP contribution in [0.3, 0.4) is 0 Å². The molecule has 1 saturated heterocycles. The highest BCUT2D eigenvalue weighted by atomic mass is 35.5.